The Bertz CT molecular complexity index is 1100. The van der Waals surface area contributed by atoms with Crippen molar-refractivity contribution in [1.29, 1.82) is 0 Å². The molecule has 0 saturated heterocycles. The number of rotatable bonds is 3. The van der Waals surface area contributed by atoms with Crippen LogP contribution in [0, 0.1) is 0 Å². The lowest BCUT2D eigenvalue weighted by Gasteiger charge is -2.16. The normalized spacial score (nSPS) is 14.1. The summed E-state index contributed by atoms with van der Waals surface area (Å²) in [7, 11) is -3.85. The first kappa shape index (κ1) is 16.6. The molecule has 3 aromatic rings. The van der Waals surface area contributed by atoms with Gasteiger partial charge in [-0.05, 0) is 40.0 Å². The molecule has 2 aromatic heterocycles. The number of anilines is 2. The summed E-state index contributed by atoms with van der Waals surface area (Å²) < 4.78 is 30.0. The van der Waals surface area contributed by atoms with E-state index in [9.17, 15) is 13.2 Å². The SMILES string of the molecule is CC(=O)N1CCc2ccc(NS(=O)(=O)c3c(Br)nc4sccn34)cc21. The Hall–Kier alpha value is -1.91. The molecule has 25 heavy (non-hydrogen) atoms. The molecule has 0 bridgehead atoms. The minimum atomic E-state index is -3.85. The predicted octanol–water partition coefficient (Wildman–Crippen LogP) is 2.87. The molecule has 3 heterocycles. The van der Waals surface area contributed by atoms with Crippen molar-refractivity contribution in [1.82, 2.24) is 9.38 Å². The van der Waals surface area contributed by atoms with Crippen molar-refractivity contribution in [2.24, 2.45) is 0 Å². The molecule has 0 aliphatic carbocycles. The molecule has 7 nitrogen and oxygen atoms in total. The van der Waals surface area contributed by atoms with E-state index < -0.39 is 10.0 Å². The molecule has 1 aliphatic heterocycles. The van der Waals surface area contributed by atoms with Gasteiger partial charge in [0.15, 0.2) is 9.99 Å². The summed E-state index contributed by atoms with van der Waals surface area (Å²) in [5.74, 6) is -0.0581. The maximum atomic E-state index is 12.8. The van der Waals surface area contributed by atoms with Crippen LogP contribution in [0.25, 0.3) is 4.96 Å². The van der Waals surface area contributed by atoms with E-state index in [1.165, 1.54) is 22.7 Å². The van der Waals surface area contributed by atoms with E-state index in [2.05, 4.69) is 25.6 Å². The lowest BCUT2D eigenvalue weighted by molar-refractivity contribution is -0.116. The van der Waals surface area contributed by atoms with Crippen molar-refractivity contribution < 1.29 is 13.2 Å². The fraction of sp³-hybridized carbons (Fsp3) is 0.200. The van der Waals surface area contributed by atoms with Crippen LogP contribution in [0.1, 0.15) is 12.5 Å². The summed E-state index contributed by atoms with van der Waals surface area (Å²) in [6.07, 6.45) is 2.43. The van der Waals surface area contributed by atoms with E-state index in [1.54, 1.807) is 28.6 Å². The molecule has 1 N–H and O–H groups in total. The fourth-order valence-electron chi connectivity index (χ4n) is 2.95. The number of imidazole rings is 1. The number of sulfonamides is 1. The highest BCUT2D eigenvalue weighted by molar-refractivity contribution is 9.10. The van der Waals surface area contributed by atoms with E-state index >= 15 is 0 Å². The number of halogens is 1. The zero-order valence-electron chi connectivity index (χ0n) is 13.1. The van der Waals surface area contributed by atoms with Crippen LogP contribution in [0.4, 0.5) is 11.4 Å². The number of amides is 1. The first-order valence-electron chi connectivity index (χ1n) is 7.42. The van der Waals surface area contributed by atoms with Gasteiger partial charge in [0.2, 0.25) is 5.91 Å². The number of benzene rings is 1. The van der Waals surface area contributed by atoms with Crippen LogP contribution in [0.3, 0.4) is 0 Å². The molecule has 1 amide bonds. The second kappa shape index (κ2) is 5.82. The van der Waals surface area contributed by atoms with Crippen molar-refractivity contribution >= 4 is 59.5 Å². The van der Waals surface area contributed by atoms with Gasteiger partial charge < -0.3 is 4.90 Å². The van der Waals surface area contributed by atoms with E-state index in [0.29, 0.717) is 17.2 Å². The van der Waals surface area contributed by atoms with Gasteiger partial charge in [0.1, 0.15) is 4.60 Å². The van der Waals surface area contributed by atoms with E-state index in [1.807, 2.05) is 6.07 Å². The number of nitrogens with one attached hydrogen (secondary N) is 1. The Morgan fingerprint density at radius 2 is 2.20 bits per heavy atom. The van der Waals surface area contributed by atoms with Gasteiger partial charge in [-0.3, -0.25) is 13.9 Å². The number of nitrogens with zero attached hydrogens (tertiary/aromatic N) is 3. The zero-order chi connectivity index (χ0) is 17.8. The number of carbonyl (C=O) groups excluding carboxylic acids is 1. The Morgan fingerprint density at radius 3 is 2.96 bits per heavy atom. The van der Waals surface area contributed by atoms with Crippen molar-refractivity contribution in [3.63, 3.8) is 0 Å². The van der Waals surface area contributed by atoms with Crippen LogP contribution in [-0.4, -0.2) is 30.3 Å². The molecule has 0 atom stereocenters. The highest BCUT2D eigenvalue weighted by atomic mass is 79.9. The highest BCUT2D eigenvalue weighted by Gasteiger charge is 2.27. The number of hydrogen-bond donors (Lipinski definition) is 1. The van der Waals surface area contributed by atoms with E-state index in [-0.39, 0.29) is 15.5 Å². The number of aromatic nitrogens is 2. The fourth-order valence-corrected chi connectivity index (χ4v) is 6.05. The van der Waals surface area contributed by atoms with Gasteiger partial charge in [0.05, 0.1) is 5.69 Å². The number of carbonyl (C=O) groups is 1. The standard InChI is InChI=1S/C15H13BrN4O3S2/c1-9(21)19-5-4-10-2-3-11(8-12(10)19)18-25(22,23)14-13(16)17-15-20(14)6-7-24-15/h2-3,6-8,18H,4-5H2,1H3. The third kappa shape index (κ3) is 2.74. The molecule has 10 heteroatoms. The Kier molecular flexibility index (Phi) is 3.85. The third-order valence-electron chi connectivity index (χ3n) is 4.05. The lowest BCUT2D eigenvalue weighted by atomic mass is 10.1. The molecule has 0 saturated carbocycles. The monoisotopic (exact) mass is 440 g/mol. The summed E-state index contributed by atoms with van der Waals surface area (Å²) in [5.41, 5.74) is 2.19. The molecule has 1 aromatic carbocycles. The maximum absolute atomic E-state index is 12.8. The van der Waals surface area contributed by atoms with Gasteiger partial charge in [-0.2, -0.15) is 8.42 Å². The van der Waals surface area contributed by atoms with Crippen LogP contribution in [0.2, 0.25) is 0 Å². The molecule has 0 radical (unpaired) electrons. The van der Waals surface area contributed by atoms with Gasteiger partial charge >= 0.3 is 0 Å². The first-order chi connectivity index (χ1) is 11.9. The molecule has 1 aliphatic rings. The van der Waals surface area contributed by atoms with Gasteiger partial charge in [-0.1, -0.05) is 6.07 Å². The number of thiazole rings is 1. The average molecular weight is 441 g/mol. The smallest absolute Gasteiger partial charge is 0.280 e. The van der Waals surface area contributed by atoms with Crippen LogP contribution in [0.15, 0.2) is 39.4 Å². The first-order valence-corrected chi connectivity index (χ1v) is 10.6. The largest absolute Gasteiger partial charge is 0.312 e. The quantitative estimate of drug-likeness (QED) is 0.678. The van der Waals surface area contributed by atoms with Gasteiger partial charge in [-0.15, -0.1) is 11.3 Å². The van der Waals surface area contributed by atoms with E-state index in [4.69, 9.17) is 0 Å². The molecule has 0 fully saturated rings. The summed E-state index contributed by atoms with van der Waals surface area (Å²) in [6, 6.07) is 5.25. The average Bonchev–Trinajstić information content (AvgIpc) is 3.19. The molecule has 0 unspecified atom stereocenters. The van der Waals surface area contributed by atoms with Crippen LogP contribution in [0.5, 0.6) is 0 Å². The molecular weight excluding hydrogens is 428 g/mol. The second-order valence-corrected chi connectivity index (χ2v) is 8.85. The maximum Gasteiger partial charge on any atom is 0.280 e. The van der Waals surface area contributed by atoms with Crippen molar-refractivity contribution in [3.05, 3.63) is 39.9 Å². The lowest BCUT2D eigenvalue weighted by Crippen LogP contribution is -2.25. The van der Waals surface area contributed by atoms with Crippen molar-refractivity contribution in [3.8, 4) is 0 Å². The summed E-state index contributed by atoms with van der Waals surface area (Å²) in [6.45, 7) is 2.12. The Labute approximate surface area is 156 Å². The summed E-state index contributed by atoms with van der Waals surface area (Å²) in [4.78, 5) is 18.2. The van der Waals surface area contributed by atoms with Crippen LogP contribution in [-0.2, 0) is 21.2 Å². The minimum absolute atomic E-state index is 0.0488. The molecular formula is C15H13BrN4O3S2. The van der Waals surface area contributed by atoms with Crippen LogP contribution >= 0.6 is 27.3 Å². The topological polar surface area (TPSA) is 83.8 Å². The summed E-state index contributed by atoms with van der Waals surface area (Å²) >= 11 is 4.57. The van der Waals surface area contributed by atoms with Gasteiger partial charge in [0, 0.05) is 30.7 Å². The van der Waals surface area contributed by atoms with Crippen molar-refractivity contribution in [2.75, 3.05) is 16.2 Å². The number of fused-ring (bicyclic) bond motifs is 2. The predicted molar refractivity (Wildman–Crippen MR) is 99.8 cm³/mol. The zero-order valence-corrected chi connectivity index (χ0v) is 16.3. The highest BCUT2D eigenvalue weighted by Crippen LogP contribution is 2.33. The molecule has 0 spiro atoms. The van der Waals surface area contributed by atoms with Gasteiger partial charge in [-0.25, -0.2) is 4.98 Å². The van der Waals surface area contributed by atoms with Crippen molar-refractivity contribution in [2.45, 2.75) is 18.4 Å². The molecule has 4 rings (SSSR count). The van der Waals surface area contributed by atoms with E-state index in [0.717, 1.165) is 17.7 Å². The summed E-state index contributed by atoms with van der Waals surface area (Å²) in [5, 5.41) is 1.82. The second-order valence-electron chi connectivity index (χ2n) is 5.63. The number of hydrogen-bond acceptors (Lipinski definition) is 5. The Morgan fingerprint density at radius 1 is 1.40 bits per heavy atom. The third-order valence-corrected chi connectivity index (χ3v) is 7.02. The minimum Gasteiger partial charge on any atom is -0.312 e. The Balaban J connectivity index is 1.73. The molecule has 130 valence electrons. The van der Waals surface area contributed by atoms with Crippen LogP contribution < -0.4 is 9.62 Å². The van der Waals surface area contributed by atoms with Gasteiger partial charge in [0.25, 0.3) is 10.0 Å².